The Labute approximate surface area is 156 Å². The van der Waals surface area contributed by atoms with Crippen molar-refractivity contribution in [3.63, 3.8) is 0 Å². The van der Waals surface area contributed by atoms with Gasteiger partial charge in [-0.3, -0.25) is 9.69 Å². The van der Waals surface area contributed by atoms with Crippen LogP contribution in [0.1, 0.15) is 32.1 Å². The van der Waals surface area contributed by atoms with E-state index in [1.165, 1.54) is 6.20 Å². The van der Waals surface area contributed by atoms with E-state index >= 15 is 0 Å². The number of carboxylic acid groups (broad SMARTS) is 1. The second kappa shape index (κ2) is 6.42. The van der Waals surface area contributed by atoms with Crippen molar-refractivity contribution in [1.29, 1.82) is 0 Å². The van der Waals surface area contributed by atoms with Gasteiger partial charge in [0, 0.05) is 18.6 Å². The third-order valence-corrected chi connectivity index (χ3v) is 6.29. The van der Waals surface area contributed by atoms with Gasteiger partial charge in [0.1, 0.15) is 5.02 Å². The van der Waals surface area contributed by atoms with Gasteiger partial charge in [-0.1, -0.05) is 11.6 Å². The van der Waals surface area contributed by atoms with E-state index in [2.05, 4.69) is 5.10 Å². The Bertz CT molecular complexity index is 775. The van der Waals surface area contributed by atoms with E-state index in [1.54, 1.807) is 4.90 Å². The lowest BCUT2D eigenvalue weighted by Crippen LogP contribution is -2.50. The molecule has 0 unspecified atom stereocenters. The fraction of sp³-hybridized carbons (Fsp3) is 0.706. The van der Waals surface area contributed by atoms with Crippen LogP contribution < -0.4 is 10.5 Å². The number of aliphatic hydroxyl groups is 1. The van der Waals surface area contributed by atoms with Crippen LogP contribution >= 0.6 is 11.6 Å². The highest BCUT2D eigenvalue weighted by Gasteiger charge is 2.61. The first-order valence-electron chi connectivity index (χ1n) is 9.11. The SMILES string of the molecule is O=C(O)N([C@@H]1CCN(c2cnn(CCO)c(=O)c2Cl)C1)C1(C2CC2)CC1. The smallest absolute Gasteiger partial charge is 0.408 e. The molecule has 26 heavy (non-hydrogen) atoms. The van der Waals surface area contributed by atoms with Crippen LogP contribution in [0, 0.1) is 5.92 Å². The summed E-state index contributed by atoms with van der Waals surface area (Å²) in [5.74, 6) is 0.514. The number of rotatable bonds is 6. The zero-order chi connectivity index (χ0) is 18.5. The number of amides is 1. The molecule has 0 bridgehead atoms. The molecule has 3 fully saturated rings. The number of hydrogen-bond acceptors (Lipinski definition) is 5. The van der Waals surface area contributed by atoms with Gasteiger partial charge in [-0.05, 0) is 38.0 Å². The molecule has 0 aromatic carbocycles. The molecule has 0 spiro atoms. The minimum absolute atomic E-state index is 0.0688. The summed E-state index contributed by atoms with van der Waals surface area (Å²) in [6.07, 6.45) is 5.57. The fourth-order valence-corrected chi connectivity index (χ4v) is 4.67. The van der Waals surface area contributed by atoms with Crippen LogP contribution in [0.15, 0.2) is 11.0 Å². The molecule has 1 aromatic rings. The van der Waals surface area contributed by atoms with Gasteiger partial charge in [0.15, 0.2) is 0 Å². The molecule has 2 aliphatic carbocycles. The molecule has 1 aliphatic heterocycles. The van der Waals surface area contributed by atoms with E-state index in [4.69, 9.17) is 16.7 Å². The van der Waals surface area contributed by atoms with Crippen molar-refractivity contribution in [2.24, 2.45) is 5.92 Å². The van der Waals surface area contributed by atoms with Gasteiger partial charge in [-0.15, -0.1) is 0 Å². The summed E-state index contributed by atoms with van der Waals surface area (Å²) in [7, 11) is 0. The quantitative estimate of drug-likeness (QED) is 0.771. The second-order valence-corrected chi connectivity index (χ2v) is 7.89. The number of aromatic nitrogens is 2. The maximum absolute atomic E-state index is 12.3. The Hall–Kier alpha value is -1.80. The molecular weight excluding hydrogens is 360 g/mol. The van der Waals surface area contributed by atoms with Gasteiger partial charge in [0.25, 0.3) is 5.56 Å². The maximum Gasteiger partial charge on any atom is 0.408 e. The fourth-order valence-electron chi connectivity index (χ4n) is 4.41. The molecule has 1 saturated heterocycles. The average Bonchev–Trinajstić information content (AvgIpc) is 3.51. The molecule has 8 nitrogen and oxygen atoms in total. The Balaban J connectivity index is 1.54. The second-order valence-electron chi connectivity index (χ2n) is 7.51. The molecule has 142 valence electrons. The van der Waals surface area contributed by atoms with Crippen LogP contribution in [0.25, 0.3) is 0 Å². The molecule has 1 aromatic heterocycles. The van der Waals surface area contributed by atoms with Gasteiger partial charge in [-0.25, -0.2) is 9.48 Å². The summed E-state index contributed by atoms with van der Waals surface area (Å²) in [4.78, 5) is 27.9. The predicted octanol–water partition coefficient (Wildman–Crippen LogP) is 1.39. The minimum Gasteiger partial charge on any atom is -0.465 e. The van der Waals surface area contributed by atoms with E-state index in [9.17, 15) is 14.7 Å². The summed E-state index contributed by atoms with van der Waals surface area (Å²) in [5.41, 5.74) is -0.0533. The lowest BCUT2D eigenvalue weighted by Gasteiger charge is -2.35. The normalized spacial score (nSPS) is 23.9. The summed E-state index contributed by atoms with van der Waals surface area (Å²) in [5, 5.41) is 22.9. The third-order valence-electron chi connectivity index (χ3n) is 5.93. The summed E-state index contributed by atoms with van der Waals surface area (Å²) < 4.78 is 1.13. The molecule has 2 N–H and O–H groups in total. The first-order valence-corrected chi connectivity index (χ1v) is 9.49. The number of aliphatic hydroxyl groups excluding tert-OH is 1. The van der Waals surface area contributed by atoms with Crippen LogP contribution in [-0.4, -0.2) is 62.3 Å². The standard InChI is InChI=1S/C17H23ClN4O4/c18-14-13(9-19-21(7-8-23)15(14)24)20-6-3-12(10-20)22(16(25)26)17(4-5-17)11-1-2-11/h9,11-12,23H,1-8,10H2,(H,25,26)/t12-/m1/s1. The number of anilines is 1. The molecular formula is C17H23ClN4O4. The van der Waals surface area contributed by atoms with Crippen molar-refractivity contribution in [3.8, 4) is 0 Å². The zero-order valence-corrected chi connectivity index (χ0v) is 15.2. The van der Waals surface area contributed by atoms with Crippen molar-refractivity contribution < 1.29 is 15.0 Å². The summed E-state index contributed by atoms with van der Waals surface area (Å²) in [6.45, 7) is 1.06. The van der Waals surface area contributed by atoms with Gasteiger partial charge < -0.3 is 15.1 Å². The van der Waals surface area contributed by atoms with Crippen molar-refractivity contribution in [1.82, 2.24) is 14.7 Å². The number of halogens is 1. The monoisotopic (exact) mass is 382 g/mol. The van der Waals surface area contributed by atoms with Crippen LogP contribution in [-0.2, 0) is 6.54 Å². The topological polar surface area (TPSA) is 98.9 Å². The molecule has 2 heterocycles. The van der Waals surface area contributed by atoms with Crippen molar-refractivity contribution >= 4 is 23.4 Å². The Morgan fingerprint density at radius 1 is 1.38 bits per heavy atom. The molecule has 4 rings (SSSR count). The molecule has 0 radical (unpaired) electrons. The summed E-state index contributed by atoms with van der Waals surface area (Å²) >= 11 is 6.24. The van der Waals surface area contributed by atoms with Gasteiger partial charge in [0.2, 0.25) is 0 Å². The average molecular weight is 383 g/mol. The van der Waals surface area contributed by atoms with Gasteiger partial charge in [0.05, 0.1) is 31.1 Å². The summed E-state index contributed by atoms with van der Waals surface area (Å²) in [6, 6.07) is -0.0912. The highest BCUT2D eigenvalue weighted by Crippen LogP contribution is 2.58. The van der Waals surface area contributed by atoms with Crippen molar-refractivity contribution in [2.45, 2.75) is 50.2 Å². The number of carbonyl (C=O) groups is 1. The molecule has 2 saturated carbocycles. The molecule has 3 aliphatic rings. The Morgan fingerprint density at radius 3 is 2.69 bits per heavy atom. The lowest BCUT2D eigenvalue weighted by atomic mass is 10.1. The Kier molecular flexibility index (Phi) is 4.35. The van der Waals surface area contributed by atoms with Crippen LogP contribution in [0.2, 0.25) is 5.02 Å². The van der Waals surface area contributed by atoms with Crippen LogP contribution in [0.3, 0.4) is 0 Å². The van der Waals surface area contributed by atoms with E-state index in [-0.39, 0.29) is 29.8 Å². The van der Waals surface area contributed by atoms with E-state index in [1.807, 2.05) is 4.90 Å². The van der Waals surface area contributed by atoms with E-state index in [0.29, 0.717) is 24.7 Å². The highest BCUT2D eigenvalue weighted by atomic mass is 35.5. The largest absolute Gasteiger partial charge is 0.465 e. The van der Waals surface area contributed by atoms with Gasteiger partial charge in [-0.2, -0.15) is 5.10 Å². The highest BCUT2D eigenvalue weighted by molar-refractivity contribution is 6.33. The van der Waals surface area contributed by atoms with Crippen LogP contribution in [0.5, 0.6) is 0 Å². The van der Waals surface area contributed by atoms with E-state index < -0.39 is 11.7 Å². The molecule has 1 atom stereocenters. The zero-order valence-electron chi connectivity index (χ0n) is 14.5. The van der Waals surface area contributed by atoms with E-state index in [0.717, 1.165) is 36.8 Å². The molecule has 1 amide bonds. The number of nitrogens with zero attached hydrogens (tertiary/aromatic N) is 4. The molecule has 9 heteroatoms. The first kappa shape index (κ1) is 17.6. The van der Waals surface area contributed by atoms with Crippen molar-refractivity contribution in [3.05, 3.63) is 21.6 Å². The van der Waals surface area contributed by atoms with Crippen molar-refractivity contribution in [2.75, 3.05) is 24.6 Å². The number of hydrogen-bond donors (Lipinski definition) is 2. The van der Waals surface area contributed by atoms with Gasteiger partial charge >= 0.3 is 6.09 Å². The minimum atomic E-state index is -0.844. The first-order chi connectivity index (χ1) is 12.5. The maximum atomic E-state index is 12.3. The lowest BCUT2D eigenvalue weighted by molar-refractivity contribution is 0.0858. The third kappa shape index (κ3) is 2.85. The predicted molar refractivity (Wildman–Crippen MR) is 95.8 cm³/mol. The Morgan fingerprint density at radius 2 is 2.12 bits per heavy atom. The van der Waals surface area contributed by atoms with Crippen LogP contribution in [0.4, 0.5) is 10.5 Å².